The smallest absolute Gasteiger partial charge is 0.322 e. The molecule has 1 saturated heterocycles. The monoisotopic (exact) mass is 426 g/mol. The lowest BCUT2D eigenvalue weighted by Crippen LogP contribution is -2.50. The molecule has 4 amide bonds. The summed E-state index contributed by atoms with van der Waals surface area (Å²) in [6, 6.07) is 10.8. The molecule has 0 radical (unpaired) electrons. The minimum absolute atomic E-state index is 0.362. The standard InChI is InChI=1S/C20H18N4O3S2/c25-16(23-24-18(26)20(22-19(24)27)10-4-1-5-11-20)14-8-9-15(28-14)17-21-12-6-2-3-7-13(12)29-17/h2-3,6-9H,1,4-5,10-11H2,(H,22,27)(H,23,25). The number of aromatic nitrogens is 1. The summed E-state index contributed by atoms with van der Waals surface area (Å²) in [5, 5.41) is 4.47. The molecule has 2 fully saturated rings. The topological polar surface area (TPSA) is 91.4 Å². The van der Waals surface area contributed by atoms with Gasteiger partial charge in [0.1, 0.15) is 10.5 Å². The van der Waals surface area contributed by atoms with Gasteiger partial charge in [-0.15, -0.1) is 22.7 Å². The molecule has 2 aromatic heterocycles. The van der Waals surface area contributed by atoms with Crippen molar-refractivity contribution in [3.05, 3.63) is 41.3 Å². The van der Waals surface area contributed by atoms with Crippen LogP contribution in [-0.2, 0) is 4.79 Å². The van der Waals surface area contributed by atoms with Crippen LogP contribution in [0.4, 0.5) is 4.79 Å². The van der Waals surface area contributed by atoms with E-state index in [1.807, 2.05) is 30.3 Å². The van der Waals surface area contributed by atoms with E-state index in [2.05, 4.69) is 15.7 Å². The second kappa shape index (κ2) is 6.93. The lowest BCUT2D eigenvalue weighted by Gasteiger charge is -2.30. The Labute approximate surface area is 174 Å². The summed E-state index contributed by atoms with van der Waals surface area (Å²) in [6.07, 6.45) is 4.07. The van der Waals surface area contributed by atoms with Crippen LogP contribution in [-0.4, -0.2) is 33.4 Å². The Kier molecular flexibility index (Phi) is 4.36. The number of urea groups is 1. The van der Waals surface area contributed by atoms with Crippen molar-refractivity contribution in [3.8, 4) is 9.88 Å². The van der Waals surface area contributed by atoms with E-state index in [9.17, 15) is 14.4 Å². The molecule has 0 atom stereocenters. The maximum Gasteiger partial charge on any atom is 0.344 e. The van der Waals surface area contributed by atoms with Gasteiger partial charge in [0, 0.05) is 0 Å². The van der Waals surface area contributed by atoms with Gasteiger partial charge in [0.2, 0.25) is 0 Å². The molecular formula is C20H18N4O3S2. The maximum absolute atomic E-state index is 12.8. The van der Waals surface area contributed by atoms with Crippen molar-refractivity contribution in [2.24, 2.45) is 0 Å². The molecule has 3 aromatic rings. The molecule has 2 N–H and O–H groups in total. The van der Waals surface area contributed by atoms with Gasteiger partial charge >= 0.3 is 6.03 Å². The number of hydrogen-bond acceptors (Lipinski definition) is 6. The van der Waals surface area contributed by atoms with E-state index in [0.29, 0.717) is 17.7 Å². The number of carbonyl (C=O) groups excluding carboxylic acids is 3. The van der Waals surface area contributed by atoms with Crippen LogP contribution in [0, 0.1) is 0 Å². The van der Waals surface area contributed by atoms with Crippen LogP contribution in [0.2, 0.25) is 0 Å². The van der Waals surface area contributed by atoms with E-state index in [-0.39, 0.29) is 5.91 Å². The highest BCUT2D eigenvalue weighted by atomic mass is 32.1. The van der Waals surface area contributed by atoms with Crippen molar-refractivity contribution in [2.75, 3.05) is 0 Å². The van der Waals surface area contributed by atoms with E-state index < -0.39 is 17.5 Å². The lowest BCUT2D eigenvalue weighted by molar-refractivity contribution is -0.134. The van der Waals surface area contributed by atoms with E-state index in [1.54, 1.807) is 17.4 Å². The highest BCUT2D eigenvalue weighted by Crippen LogP contribution is 2.35. The summed E-state index contributed by atoms with van der Waals surface area (Å²) in [7, 11) is 0. The molecule has 1 aliphatic carbocycles. The van der Waals surface area contributed by atoms with Crippen LogP contribution in [0.1, 0.15) is 41.8 Å². The van der Waals surface area contributed by atoms with Gasteiger partial charge in [0.05, 0.1) is 20.0 Å². The number of fused-ring (bicyclic) bond motifs is 1. The fourth-order valence-corrected chi connectivity index (χ4v) is 5.84. The average Bonchev–Trinajstić information content (AvgIpc) is 3.42. The summed E-state index contributed by atoms with van der Waals surface area (Å²) in [6.45, 7) is 0. The zero-order valence-electron chi connectivity index (χ0n) is 15.4. The van der Waals surface area contributed by atoms with Gasteiger partial charge in [-0.1, -0.05) is 31.4 Å². The number of benzene rings is 1. The quantitative estimate of drug-likeness (QED) is 0.621. The number of imide groups is 1. The molecule has 1 aromatic carbocycles. The normalized spacial score (nSPS) is 18.4. The predicted molar refractivity (Wildman–Crippen MR) is 112 cm³/mol. The Hall–Kier alpha value is -2.78. The number of thiophene rings is 1. The van der Waals surface area contributed by atoms with Gasteiger partial charge in [-0.3, -0.25) is 15.0 Å². The van der Waals surface area contributed by atoms with Gasteiger partial charge in [-0.25, -0.2) is 9.78 Å². The van der Waals surface area contributed by atoms with Crippen molar-refractivity contribution in [1.29, 1.82) is 0 Å². The number of hydrazine groups is 1. The van der Waals surface area contributed by atoms with Crippen molar-refractivity contribution in [3.63, 3.8) is 0 Å². The number of para-hydroxylation sites is 1. The molecule has 1 saturated carbocycles. The van der Waals surface area contributed by atoms with E-state index in [1.165, 1.54) is 11.3 Å². The molecule has 3 heterocycles. The molecule has 9 heteroatoms. The minimum Gasteiger partial charge on any atom is -0.322 e. The van der Waals surface area contributed by atoms with Gasteiger partial charge in [0.25, 0.3) is 11.8 Å². The Balaban J connectivity index is 1.34. The van der Waals surface area contributed by atoms with Crippen LogP contribution in [0.25, 0.3) is 20.1 Å². The lowest BCUT2D eigenvalue weighted by atomic mass is 9.82. The van der Waals surface area contributed by atoms with Gasteiger partial charge < -0.3 is 5.32 Å². The van der Waals surface area contributed by atoms with Crippen LogP contribution in [0.15, 0.2) is 36.4 Å². The third-order valence-corrected chi connectivity index (χ3v) is 7.71. The highest BCUT2D eigenvalue weighted by molar-refractivity contribution is 7.26. The summed E-state index contributed by atoms with van der Waals surface area (Å²) in [5.74, 6) is -0.836. The first-order valence-corrected chi connectivity index (χ1v) is 11.1. The summed E-state index contributed by atoms with van der Waals surface area (Å²) in [5.41, 5.74) is 2.55. The highest BCUT2D eigenvalue weighted by Gasteiger charge is 2.52. The zero-order valence-corrected chi connectivity index (χ0v) is 17.1. The SMILES string of the molecule is O=C(NN1C(=O)NC2(CCCCC2)C1=O)c1ccc(-c2nc3ccccc3s2)s1. The van der Waals surface area contributed by atoms with E-state index in [0.717, 1.165) is 44.4 Å². The zero-order chi connectivity index (χ0) is 20.0. The minimum atomic E-state index is -0.857. The number of amides is 4. The largest absolute Gasteiger partial charge is 0.344 e. The summed E-state index contributed by atoms with van der Waals surface area (Å²) in [4.78, 5) is 43.7. The molecule has 0 bridgehead atoms. The average molecular weight is 427 g/mol. The first-order valence-electron chi connectivity index (χ1n) is 9.49. The van der Waals surface area contributed by atoms with Gasteiger partial charge in [-0.2, -0.15) is 5.01 Å². The first kappa shape index (κ1) is 18.3. The Bertz CT molecular complexity index is 1100. The molecule has 1 spiro atoms. The van der Waals surface area contributed by atoms with Gasteiger partial charge in [-0.05, 0) is 37.1 Å². The van der Waals surface area contributed by atoms with Crippen molar-refractivity contribution >= 4 is 50.7 Å². The van der Waals surface area contributed by atoms with Crippen LogP contribution >= 0.6 is 22.7 Å². The van der Waals surface area contributed by atoms with Crippen LogP contribution in [0.5, 0.6) is 0 Å². The maximum atomic E-state index is 12.8. The molecule has 5 rings (SSSR count). The third kappa shape index (κ3) is 3.10. The number of rotatable bonds is 3. The Morgan fingerprint density at radius 1 is 1.07 bits per heavy atom. The summed E-state index contributed by atoms with van der Waals surface area (Å²) < 4.78 is 1.08. The summed E-state index contributed by atoms with van der Waals surface area (Å²) >= 11 is 2.85. The Morgan fingerprint density at radius 3 is 2.66 bits per heavy atom. The fraction of sp³-hybridized carbons (Fsp3) is 0.300. The molecule has 148 valence electrons. The third-order valence-electron chi connectivity index (χ3n) is 5.42. The predicted octanol–water partition coefficient (Wildman–Crippen LogP) is 3.92. The number of carbonyl (C=O) groups is 3. The van der Waals surface area contributed by atoms with Crippen LogP contribution < -0.4 is 10.7 Å². The second-order valence-corrected chi connectivity index (χ2v) is 9.42. The van der Waals surface area contributed by atoms with E-state index in [4.69, 9.17) is 0 Å². The first-order chi connectivity index (χ1) is 14.1. The number of nitrogens with zero attached hydrogens (tertiary/aromatic N) is 2. The van der Waals surface area contributed by atoms with E-state index >= 15 is 0 Å². The number of thiazole rings is 1. The van der Waals surface area contributed by atoms with Gasteiger partial charge in [0.15, 0.2) is 0 Å². The molecule has 29 heavy (non-hydrogen) atoms. The van der Waals surface area contributed by atoms with Crippen molar-refractivity contribution < 1.29 is 14.4 Å². The number of nitrogens with one attached hydrogen (secondary N) is 2. The molecule has 7 nitrogen and oxygen atoms in total. The van der Waals surface area contributed by atoms with Crippen molar-refractivity contribution in [2.45, 2.75) is 37.6 Å². The fourth-order valence-electron chi connectivity index (χ4n) is 3.93. The number of hydrogen-bond donors (Lipinski definition) is 2. The Morgan fingerprint density at radius 2 is 1.86 bits per heavy atom. The molecular weight excluding hydrogens is 408 g/mol. The molecule has 1 aliphatic heterocycles. The molecule has 0 unspecified atom stereocenters. The van der Waals surface area contributed by atoms with Crippen molar-refractivity contribution in [1.82, 2.24) is 20.7 Å². The molecule has 2 aliphatic rings. The second-order valence-electron chi connectivity index (χ2n) is 7.31. The van der Waals surface area contributed by atoms with Crippen LogP contribution in [0.3, 0.4) is 0 Å².